The van der Waals surface area contributed by atoms with E-state index in [4.69, 9.17) is 9.97 Å². The number of hydrogen-bond donors (Lipinski definition) is 2. The molecule has 232 valence electrons. The van der Waals surface area contributed by atoms with Gasteiger partial charge in [0.05, 0.1) is 11.4 Å². The van der Waals surface area contributed by atoms with E-state index in [1.165, 1.54) is 0 Å². The number of aromatic nitrogens is 3. The minimum absolute atomic E-state index is 0.0250. The van der Waals surface area contributed by atoms with Crippen LogP contribution in [-0.4, -0.2) is 52.9 Å². The van der Waals surface area contributed by atoms with Crippen LogP contribution in [0, 0.1) is 12.8 Å². The normalized spacial score (nSPS) is 17.2. The number of hydrogen-bond acceptors (Lipinski definition) is 6. The highest BCUT2D eigenvalue weighted by molar-refractivity contribution is 6.02. The first kappa shape index (κ1) is 30.3. The predicted molar refractivity (Wildman–Crippen MR) is 182 cm³/mol. The van der Waals surface area contributed by atoms with E-state index in [0.29, 0.717) is 24.0 Å². The van der Waals surface area contributed by atoms with Gasteiger partial charge < -0.3 is 20.1 Å². The fourth-order valence-corrected chi connectivity index (χ4v) is 6.56. The molecule has 8 heteroatoms. The van der Waals surface area contributed by atoms with Crippen LogP contribution in [-0.2, 0) is 11.8 Å². The second kappa shape index (κ2) is 13.1. The average Bonchev–Trinajstić information content (AvgIpc) is 3.38. The highest BCUT2D eigenvalue weighted by Crippen LogP contribution is 2.32. The standard InChI is InChI=1S/C37H42N6O2/c1-24-13-17-26(18-14-24)34(44)21-30(31-23-43(4)33-12-8-6-9-28(31)33)36(45)38-22-25-15-19-27(20-16-25)39-37-40-32-11-7-5-10-29(32)35(41-37)42(2)3/h5-14,17-18,23,25,27,30H,15-16,19-22H2,1-4H3,(H,38,45)(H,39,40,41)/t25-,27+,30?. The summed E-state index contributed by atoms with van der Waals surface area (Å²) >= 11 is 0. The lowest BCUT2D eigenvalue weighted by molar-refractivity contribution is -0.122. The minimum Gasteiger partial charge on any atom is -0.362 e. The number of nitrogens with one attached hydrogen (secondary N) is 2. The van der Waals surface area contributed by atoms with Gasteiger partial charge in [0.2, 0.25) is 11.9 Å². The number of aryl methyl sites for hydroxylation is 2. The Labute approximate surface area is 264 Å². The van der Waals surface area contributed by atoms with Crippen molar-refractivity contribution in [3.8, 4) is 0 Å². The summed E-state index contributed by atoms with van der Waals surface area (Å²) in [6.45, 7) is 2.60. The molecule has 1 unspecified atom stereocenters. The first-order valence-electron chi connectivity index (χ1n) is 15.9. The third-order valence-electron chi connectivity index (χ3n) is 9.13. The lowest BCUT2D eigenvalue weighted by Crippen LogP contribution is -2.37. The number of fused-ring (bicyclic) bond motifs is 2. The zero-order chi connectivity index (χ0) is 31.5. The number of amides is 1. The molecule has 0 spiro atoms. The Bertz CT molecular complexity index is 1820. The smallest absolute Gasteiger partial charge is 0.228 e. The van der Waals surface area contributed by atoms with Crippen LogP contribution >= 0.6 is 0 Å². The zero-order valence-electron chi connectivity index (χ0n) is 26.6. The Balaban J connectivity index is 1.11. The Morgan fingerprint density at radius 2 is 1.60 bits per heavy atom. The van der Waals surface area contributed by atoms with Gasteiger partial charge in [0, 0.05) is 68.2 Å². The van der Waals surface area contributed by atoms with Crippen molar-refractivity contribution in [2.45, 2.75) is 51.0 Å². The summed E-state index contributed by atoms with van der Waals surface area (Å²) in [5.41, 5.74) is 4.61. The van der Waals surface area contributed by atoms with Crippen LogP contribution in [0.1, 0.15) is 59.5 Å². The summed E-state index contributed by atoms with van der Waals surface area (Å²) in [4.78, 5) is 38.9. The molecule has 2 heterocycles. The summed E-state index contributed by atoms with van der Waals surface area (Å²) in [7, 11) is 5.99. The van der Waals surface area contributed by atoms with Crippen molar-refractivity contribution in [2.24, 2.45) is 13.0 Å². The molecule has 6 rings (SSSR count). The van der Waals surface area contributed by atoms with Gasteiger partial charge in [-0.2, -0.15) is 4.98 Å². The van der Waals surface area contributed by atoms with E-state index in [2.05, 4.69) is 16.7 Å². The largest absolute Gasteiger partial charge is 0.362 e. The van der Waals surface area contributed by atoms with E-state index in [1.54, 1.807) is 0 Å². The van der Waals surface area contributed by atoms with Gasteiger partial charge in [-0.15, -0.1) is 0 Å². The van der Waals surface area contributed by atoms with Gasteiger partial charge in [-0.05, 0) is 62.3 Å². The molecule has 0 radical (unpaired) electrons. The molecule has 2 N–H and O–H groups in total. The second-order valence-corrected chi connectivity index (χ2v) is 12.6. The molecule has 0 saturated heterocycles. The van der Waals surface area contributed by atoms with Crippen LogP contribution in [0.15, 0.2) is 79.0 Å². The number of carbonyl (C=O) groups is 2. The number of Topliss-reactive ketones (excluding diaryl/α,β-unsaturated/α-hetero) is 1. The van der Waals surface area contributed by atoms with E-state index >= 15 is 0 Å². The van der Waals surface area contributed by atoms with Crippen molar-refractivity contribution in [3.63, 3.8) is 0 Å². The number of rotatable bonds is 10. The van der Waals surface area contributed by atoms with Gasteiger partial charge in [0.15, 0.2) is 5.78 Å². The third kappa shape index (κ3) is 6.70. The molecular weight excluding hydrogens is 560 g/mol. The monoisotopic (exact) mass is 602 g/mol. The van der Waals surface area contributed by atoms with Gasteiger partial charge in [0.25, 0.3) is 0 Å². The van der Waals surface area contributed by atoms with Crippen molar-refractivity contribution in [1.29, 1.82) is 0 Å². The fraction of sp³-hybridized carbons (Fsp3) is 0.351. The van der Waals surface area contributed by atoms with E-state index in [1.807, 2.05) is 110 Å². The van der Waals surface area contributed by atoms with Gasteiger partial charge in [0.1, 0.15) is 5.82 Å². The molecule has 45 heavy (non-hydrogen) atoms. The molecule has 3 aromatic carbocycles. The maximum Gasteiger partial charge on any atom is 0.228 e. The van der Waals surface area contributed by atoms with Crippen LogP contribution in [0.3, 0.4) is 0 Å². The lowest BCUT2D eigenvalue weighted by Gasteiger charge is -2.30. The molecule has 1 atom stereocenters. The first-order valence-corrected chi connectivity index (χ1v) is 15.9. The maximum absolute atomic E-state index is 13.9. The van der Waals surface area contributed by atoms with Crippen molar-refractivity contribution in [2.75, 3.05) is 30.9 Å². The van der Waals surface area contributed by atoms with Crippen LogP contribution in [0.2, 0.25) is 0 Å². The quantitative estimate of drug-likeness (QED) is 0.174. The number of nitrogens with zero attached hydrogens (tertiary/aromatic N) is 4. The van der Waals surface area contributed by atoms with Gasteiger partial charge >= 0.3 is 0 Å². The Kier molecular flexibility index (Phi) is 8.83. The molecule has 2 aromatic heterocycles. The van der Waals surface area contributed by atoms with Gasteiger partial charge in [-0.25, -0.2) is 4.98 Å². The topological polar surface area (TPSA) is 92.2 Å². The molecule has 1 amide bonds. The predicted octanol–water partition coefficient (Wildman–Crippen LogP) is 6.64. The zero-order valence-corrected chi connectivity index (χ0v) is 26.6. The number of carbonyl (C=O) groups excluding carboxylic acids is 2. The molecule has 1 fully saturated rings. The van der Waals surface area contributed by atoms with Crippen molar-refractivity contribution < 1.29 is 9.59 Å². The average molecular weight is 603 g/mol. The lowest BCUT2D eigenvalue weighted by atomic mass is 9.85. The SMILES string of the molecule is Cc1ccc(C(=O)CC(C(=O)NC[C@H]2CC[C@@H](Nc3nc(N(C)C)c4ccccc4n3)CC2)c2cn(C)c3ccccc23)cc1. The molecule has 1 aliphatic rings. The molecule has 1 aliphatic carbocycles. The molecule has 0 aliphatic heterocycles. The van der Waals surface area contributed by atoms with Gasteiger partial charge in [-0.1, -0.05) is 60.2 Å². The van der Waals surface area contributed by atoms with Crippen LogP contribution in [0.4, 0.5) is 11.8 Å². The van der Waals surface area contributed by atoms with Crippen molar-refractivity contribution in [1.82, 2.24) is 19.9 Å². The van der Waals surface area contributed by atoms with Crippen LogP contribution in [0.25, 0.3) is 21.8 Å². The number of benzene rings is 3. The molecule has 1 saturated carbocycles. The van der Waals surface area contributed by atoms with Crippen molar-refractivity contribution in [3.05, 3.63) is 95.7 Å². The highest BCUT2D eigenvalue weighted by atomic mass is 16.2. The molecule has 8 nitrogen and oxygen atoms in total. The summed E-state index contributed by atoms with van der Waals surface area (Å²) in [6, 6.07) is 24.0. The van der Waals surface area contributed by atoms with Crippen molar-refractivity contribution >= 4 is 45.3 Å². The summed E-state index contributed by atoms with van der Waals surface area (Å²) < 4.78 is 2.04. The van der Waals surface area contributed by atoms with Crippen LogP contribution in [0.5, 0.6) is 0 Å². The van der Waals surface area contributed by atoms with Crippen LogP contribution < -0.4 is 15.5 Å². The van der Waals surface area contributed by atoms with E-state index < -0.39 is 5.92 Å². The second-order valence-electron chi connectivity index (χ2n) is 12.6. The Hall–Kier alpha value is -4.72. The summed E-state index contributed by atoms with van der Waals surface area (Å²) in [5.74, 6) is 1.25. The molecule has 0 bridgehead atoms. The minimum atomic E-state index is -0.571. The number of anilines is 2. The third-order valence-corrected chi connectivity index (χ3v) is 9.13. The molecule has 5 aromatic rings. The van der Waals surface area contributed by atoms with E-state index in [-0.39, 0.29) is 24.2 Å². The number of para-hydroxylation sites is 2. The van der Waals surface area contributed by atoms with E-state index in [0.717, 1.165) is 64.4 Å². The fourth-order valence-electron chi connectivity index (χ4n) is 6.56. The number of ketones is 1. The van der Waals surface area contributed by atoms with Gasteiger partial charge in [-0.3, -0.25) is 9.59 Å². The maximum atomic E-state index is 13.9. The van der Waals surface area contributed by atoms with E-state index in [9.17, 15) is 9.59 Å². The Morgan fingerprint density at radius 3 is 2.33 bits per heavy atom. The Morgan fingerprint density at radius 1 is 0.911 bits per heavy atom. The molecular formula is C37H42N6O2. The highest BCUT2D eigenvalue weighted by Gasteiger charge is 2.29. The summed E-state index contributed by atoms with van der Waals surface area (Å²) in [6.07, 6.45) is 6.07. The summed E-state index contributed by atoms with van der Waals surface area (Å²) in [5, 5.41) is 8.87. The first-order chi connectivity index (χ1) is 21.8.